The van der Waals surface area contributed by atoms with E-state index in [0.717, 1.165) is 5.03 Å². The summed E-state index contributed by atoms with van der Waals surface area (Å²) in [5, 5.41) is 12.4. The van der Waals surface area contributed by atoms with Gasteiger partial charge in [-0.25, -0.2) is 9.97 Å². The third-order valence-electron chi connectivity index (χ3n) is 3.89. The van der Waals surface area contributed by atoms with Crippen molar-refractivity contribution in [2.24, 2.45) is 0 Å². The van der Waals surface area contributed by atoms with Crippen LogP contribution in [-0.4, -0.2) is 19.9 Å². The van der Waals surface area contributed by atoms with Crippen molar-refractivity contribution in [2.75, 3.05) is 0 Å². The summed E-state index contributed by atoms with van der Waals surface area (Å²) in [7, 11) is 0. The number of non-ortho nitro benzene ring substituents is 1. The molecule has 0 saturated carbocycles. The van der Waals surface area contributed by atoms with E-state index in [1.807, 2.05) is 18.2 Å². The van der Waals surface area contributed by atoms with Gasteiger partial charge in [0.2, 0.25) is 0 Å². The molecule has 7 nitrogen and oxygen atoms in total. The summed E-state index contributed by atoms with van der Waals surface area (Å²) >= 11 is 1.34. The molecule has 132 valence electrons. The first-order chi connectivity index (χ1) is 13.1. The van der Waals surface area contributed by atoms with Gasteiger partial charge in [0.1, 0.15) is 10.9 Å². The summed E-state index contributed by atoms with van der Waals surface area (Å²) in [5.41, 5.74) is 0.626. The number of rotatable bonds is 4. The number of hydrogen-bond acceptors (Lipinski definition) is 6. The molecule has 0 atom stereocenters. The molecule has 8 heteroatoms. The van der Waals surface area contributed by atoms with E-state index in [2.05, 4.69) is 15.0 Å². The van der Waals surface area contributed by atoms with Gasteiger partial charge in [-0.05, 0) is 30.3 Å². The van der Waals surface area contributed by atoms with Crippen LogP contribution in [0.4, 0.5) is 5.69 Å². The number of nitro groups is 1. The minimum Gasteiger partial charge on any atom is -0.306 e. The first kappa shape index (κ1) is 16.9. The van der Waals surface area contributed by atoms with Crippen molar-refractivity contribution in [3.05, 3.63) is 87.3 Å². The van der Waals surface area contributed by atoms with Crippen LogP contribution in [0.3, 0.4) is 0 Å². The minimum absolute atomic E-state index is 0.0776. The molecule has 1 N–H and O–H groups in total. The van der Waals surface area contributed by atoms with Gasteiger partial charge >= 0.3 is 0 Å². The van der Waals surface area contributed by atoms with E-state index in [0.29, 0.717) is 21.4 Å². The second kappa shape index (κ2) is 7.00. The molecule has 2 aromatic carbocycles. The SMILES string of the molecule is O=c1[nH]c(-c2cc([N+](=O)[O-])ccc2Sc2ccccn2)nc2ccccc12. The van der Waals surface area contributed by atoms with Gasteiger partial charge in [-0.3, -0.25) is 14.9 Å². The number of hydrogen-bond donors (Lipinski definition) is 1. The largest absolute Gasteiger partial charge is 0.306 e. The number of H-pyrrole nitrogens is 1. The maximum Gasteiger partial charge on any atom is 0.270 e. The monoisotopic (exact) mass is 376 g/mol. The van der Waals surface area contributed by atoms with Gasteiger partial charge in [0.25, 0.3) is 11.2 Å². The van der Waals surface area contributed by atoms with Gasteiger partial charge < -0.3 is 4.98 Å². The highest BCUT2D eigenvalue weighted by atomic mass is 32.2. The van der Waals surface area contributed by atoms with Crippen molar-refractivity contribution < 1.29 is 4.92 Å². The normalized spacial score (nSPS) is 10.8. The summed E-state index contributed by atoms with van der Waals surface area (Å²) in [6.45, 7) is 0. The number of fused-ring (bicyclic) bond motifs is 1. The molecule has 2 heterocycles. The number of nitro benzene ring substituents is 1. The van der Waals surface area contributed by atoms with E-state index in [1.54, 1.807) is 36.5 Å². The molecular weight excluding hydrogens is 364 g/mol. The lowest BCUT2D eigenvalue weighted by molar-refractivity contribution is -0.384. The number of aromatic nitrogens is 3. The fourth-order valence-electron chi connectivity index (χ4n) is 2.64. The summed E-state index contributed by atoms with van der Waals surface area (Å²) in [5.74, 6) is 0.279. The fraction of sp³-hybridized carbons (Fsp3) is 0. The number of nitrogens with one attached hydrogen (secondary N) is 1. The summed E-state index contributed by atoms with van der Waals surface area (Å²) in [6.07, 6.45) is 1.67. The molecule has 0 radical (unpaired) electrons. The number of aromatic amines is 1. The minimum atomic E-state index is -0.474. The molecule has 0 amide bonds. The molecular formula is C19H12N4O3S. The highest BCUT2D eigenvalue weighted by molar-refractivity contribution is 7.99. The first-order valence-corrected chi connectivity index (χ1v) is 8.80. The van der Waals surface area contributed by atoms with Crippen LogP contribution in [0.15, 0.2) is 81.6 Å². The van der Waals surface area contributed by atoms with E-state index in [1.165, 1.54) is 23.9 Å². The Morgan fingerprint density at radius 2 is 1.85 bits per heavy atom. The van der Waals surface area contributed by atoms with Crippen LogP contribution in [-0.2, 0) is 0 Å². The Labute approximate surface area is 157 Å². The van der Waals surface area contributed by atoms with Gasteiger partial charge in [-0.1, -0.05) is 30.0 Å². The number of para-hydroxylation sites is 1. The van der Waals surface area contributed by atoms with E-state index >= 15 is 0 Å². The van der Waals surface area contributed by atoms with Crippen molar-refractivity contribution in [1.82, 2.24) is 15.0 Å². The Balaban J connectivity index is 1.90. The molecule has 0 saturated heterocycles. The van der Waals surface area contributed by atoms with Crippen molar-refractivity contribution >= 4 is 28.4 Å². The van der Waals surface area contributed by atoms with Gasteiger partial charge in [-0.15, -0.1) is 0 Å². The zero-order valence-corrected chi connectivity index (χ0v) is 14.6. The second-order valence-corrected chi connectivity index (χ2v) is 6.70. The van der Waals surface area contributed by atoms with Crippen molar-refractivity contribution in [1.29, 1.82) is 0 Å². The predicted octanol–water partition coefficient (Wildman–Crippen LogP) is 4.04. The number of nitrogens with zero attached hydrogens (tertiary/aromatic N) is 3. The van der Waals surface area contributed by atoms with Gasteiger partial charge in [-0.2, -0.15) is 0 Å². The lowest BCUT2D eigenvalue weighted by atomic mass is 10.1. The van der Waals surface area contributed by atoms with Crippen molar-refractivity contribution in [3.63, 3.8) is 0 Å². The summed E-state index contributed by atoms with van der Waals surface area (Å²) in [4.78, 5) is 35.4. The third kappa shape index (κ3) is 3.42. The van der Waals surface area contributed by atoms with Gasteiger partial charge in [0.15, 0.2) is 0 Å². The van der Waals surface area contributed by atoms with Gasteiger partial charge in [0, 0.05) is 28.8 Å². The fourth-order valence-corrected chi connectivity index (χ4v) is 3.53. The Hall–Kier alpha value is -3.52. The quantitative estimate of drug-likeness (QED) is 0.426. The zero-order valence-electron chi connectivity index (χ0n) is 13.8. The Kier molecular flexibility index (Phi) is 4.39. The molecule has 0 aliphatic heterocycles. The average molecular weight is 376 g/mol. The predicted molar refractivity (Wildman–Crippen MR) is 103 cm³/mol. The van der Waals surface area contributed by atoms with Crippen LogP contribution in [0.1, 0.15) is 0 Å². The molecule has 0 unspecified atom stereocenters. The van der Waals surface area contributed by atoms with Crippen LogP contribution in [0.2, 0.25) is 0 Å². The summed E-state index contributed by atoms with van der Waals surface area (Å²) in [6, 6.07) is 16.9. The maximum absolute atomic E-state index is 12.4. The third-order valence-corrected chi connectivity index (χ3v) is 4.92. The molecule has 0 bridgehead atoms. The highest BCUT2D eigenvalue weighted by Gasteiger charge is 2.16. The second-order valence-electron chi connectivity index (χ2n) is 5.64. The molecule has 4 aromatic rings. The van der Waals surface area contributed by atoms with E-state index < -0.39 is 4.92 Å². The van der Waals surface area contributed by atoms with E-state index in [9.17, 15) is 14.9 Å². The molecule has 0 fully saturated rings. The smallest absolute Gasteiger partial charge is 0.270 e. The topological polar surface area (TPSA) is 102 Å². The molecule has 4 rings (SSSR count). The Bertz CT molecular complexity index is 1210. The standard InChI is InChI=1S/C19H12N4O3S/c24-19-13-5-1-2-6-15(13)21-18(22-19)14-11-12(23(25)26)8-9-16(14)27-17-7-3-4-10-20-17/h1-11H,(H,21,22,24). The Morgan fingerprint density at radius 1 is 1.04 bits per heavy atom. The van der Waals surface area contributed by atoms with E-state index in [-0.39, 0.29) is 17.1 Å². The van der Waals surface area contributed by atoms with Crippen molar-refractivity contribution in [2.45, 2.75) is 9.92 Å². The molecule has 0 aliphatic carbocycles. The van der Waals surface area contributed by atoms with Crippen LogP contribution in [0.5, 0.6) is 0 Å². The zero-order chi connectivity index (χ0) is 18.8. The lowest BCUT2D eigenvalue weighted by Crippen LogP contribution is -2.09. The van der Waals surface area contributed by atoms with Crippen LogP contribution >= 0.6 is 11.8 Å². The lowest BCUT2D eigenvalue weighted by Gasteiger charge is -2.09. The number of benzene rings is 2. The van der Waals surface area contributed by atoms with Crippen LogP contribution in [0.25, 0.3) is 22.3 Å². The van der Waals surface area contributed by atoms with Gasteiger partial charge in [0.05, 0.1) is 15.8 Å². The molecule has 0 spiro atoms. The molecule has 27 heavy (non-hydrogen) atoms. The van der Waals surface area contributed by atoms with Crippen molar-refractivity contribution in [3.8, 4) is 11.4 Å². The summed E-state index contributed by atoms with van der Waals surface area (Å²) < 4.78 is 0. The van der Waals surface area contributed by atoms with E-state index in [4.69, 9.17) is 0 Å². The highest BCUT2D eigenvalue weighted by Crippen LogP contribution is 2.36. The van der Waals surface area contributed by atoms with Crippen LogP contribution < -0.4 is 5.56 Å². The maximum atomic E-state index is 12.4. The van der Waals surface area contributed by atoms with Crippen LogP contribution in [0, 0.1) is 10.1 Å². The Morgan fingerprint density at radius 3 is 2.63 bits per heavy atom. The molecule has 0 aliphatic rings. The number of pyridine rings is 1. The molecule has 2 aromatic heterocycles. The average Bonchev–Trinajstić information content (AvgIpc) is 2.69. The first-order valence-electron chi connectivity index (χ1n) is 7.98.